The molecule has 2 amide bonds. The standard InChI is InChI=1S/C14H26N2O3S/c1-4-20-8-6-11(3)15-14(19)16-7-5-10(2)9-12(16)13(17)18/h10-12H,4-9H2,1-3H3,(H,15,19)(H,17,18). The van der Waals surface area contributed by atoms with Crippen LogP contribution in [0.25, 0.3) is 0 Å². The molecule has 6 heteroatoms. The van der Waals surface area contributed by atoms with Gasteiger partial charge in [0.05, 0.1) is 0 Å². The zero-order valence-electron chi connectivity index (χ0n) is 12.6. The number of aliphatic carboxylic acids is 1. The van der Waals surface area contributed by atoms with Crippen molar-refractivity contribution in [3.63, 3.8) is 0 Å². The van der Waals surface area contributed by atoms with Gasteiger partial charge in [0.25, 0.3) is 0 Å². The number of carbonyl (C=O) groups is 2. The minimum atomic E-state index is -0.902. The normalized spacial score (nSPS) is 24.2. The molecule has 1 saturated heterocycles. The lowest BCUT2D eigenvalue weighted by atomic mass is 9.93. The molecule has 0 spiro atoms. The molecule has 3 atom stereocenters. The van der Waals surface area contributed by atoms with Crippen molar-refractivity contribution in [1.82, 2.24) is 10.2 Å². The third-order valence-electron chi connectivity index (χ3n) is 3.68. The Morgan fingerprint density at radius 3 is 2.80 bits per heavy atom. The van der Waals surface area contributed by atoms with Crippen molar-refractivity contribution in [2.75, 3.05) is 18.1 Å². The Morgan fingerprint density at radius 2 is 2.20 bits per heavy atom. The van der Waals surface area contributed by atoms with Gasteiger partial charge in [-0.25, -0.2) is 9.59 Å². The van der Waals surface area contributed by atoms with Gasteiger partial charge in [-0.05, 0) is 43.6 Å². The molecule has 0 saturated carbocycles. The number of rotatable bonds is 6. The van der Waals surface area contributed by atoms with Crippen LogP contribution < -0.4 is 5.32 Å². The number of piperidine rings is 1. The highest BCUT2D eigenvalue weighted by Crippen LogP contribution is 2.22. The van der Waals surface area contributed by atoms with Gasteiger partial charge < -0.3 is 15.3 Å². The summed E-state index contributed by atoms with van der Waals surface area (Å²) < 4.78 is 0. The molecule has 1 heterocycles. The van der Waals surface area contributed by atoms with E-state index in [1.54, 1.807) is 0 Å². The van der Waals surface area contributed by atoms with Crippen LogP contribution in [-0.4, -0.2) is 52.1 Å². The van der Waals surface area contributed by atoms with Crippen LogP contribution in [0.4, 0.5) is 4.79 Å². The molecule has 0 radical (unpaired) electrons. The highest BCUT2D eigenvalue weighted by Gasteiger charge is 2.34. The molecular formula is C14H26N2O3S. The van der Waals surface area contributed by atoms with Crippen molar-refractivity contribution in [1.29, 1.82) is 0 Å². The molecule has 1 aliphatic heterocycles. The molecule has 1 aliphatic rings. The Bertz CT molecular complexity index is 338. The first-order valence-corrected chi connectivity index (χ1v) is 8.48. The van der Waals surface area contributed by atoms with Crippen molar-refractivity contribution in [3.05, 3.63) is 0 Å². The molecule has 0 aromatic rings. The molecule has 5 nitrogen and oxygen atoms in total. The van der Waals surface area contributed by atoms with Crippen molar-refractivity contribution >= 4 is 23.8 Å². The summed E-state index contributed by atoms with van der Waals surface area (Å²) in [7, 11) is 0. The number of carboxylic acids is 1. The fraction of sp³-hybridized carbons (Fsp3) is 0.857. The maximum atomic E-state index is 12.2. The second-order valence-electron chi connectivity index (χ2n) is 5.51. The number of hydrogen-bond acceptors (Lipinski definition) is 3. The van der Waals surface area contributed by atoms with Crippen LogP contribution in [0.15, 0.2) is 0 Å². The molecule has 116 valence electrons. The Balaban J connectivity index is 2.49. The van der Waals surface area contributed by atoms with Gasteiger partial charge in [-0.15, -0.1) is 0 Å². The lowest BCUT2D eigenvalue weighted by Gasteiger charge is -2.36. The van der Waals surface area contributed by atoms with E-state index in [0.717, 1.165) is 24.3 Å². The Kier molecular flexibility index (Phi) is 7.19. The van der Waals surface area contributed by atoms with E-state index in [1.165, 1.54) is 4.90 Å². The van der Waals surface area contributed by atoms with Gasteiger partial charge >= 0.3 is 12.0 Å². The van der Waals surface area contributed by atoms with E-state index in [-0.39, 0.29) is 12.1 Å². The van der Waals surface area contributed by atoms with Gasteiger partial charge in [-0.2, -0.15) is 11.8 Å². The average Bonchev–Trinajstić information content (AvgIpc) is 2.38. The van der Waals surface area contributed by atoms with Crippen LogP contribution in [0.3, 0.4) is 0 Å². The Morgan fingerprint density at radius 1 is 1.50 bits per heavy atom. The molecule has 0 aliphatic carbocycles. The number of nitrogens with one attached hydrogen (secondary N) is 1. The largest absolute Gasteiger partial charge is 0.480 e. The number of carboxylic acid groups (broad SMARTS) is 1. The number of thioether (sulfide) groups is 1. The summed E-state index contributed by atoms with van der Waals surface area (Å²) in [6, 6.07) is -0.843. The van der Waals surface area contributed by atoms with Gasteiger partial charge in [0.1, 0.15) is 6.04 Å². The van der Waals surface area contributed by atoms with Crippen molar-refractivity contribution < 1.29 is 14.7 Å². The van der Waals surface area contributed by atoms with Gasteiger partial charge in [0.2, 0.25) is 0 Å². The van der Waals surface area contributed by atoms with Gasteiger partial charge in [0.15, 0.2) is 0 Å². The van der Waals surface area contributed by atoms with Gasteiger partial charge in [-0.3, -0.25) is 0 Å². The van der Waals surface area contributed by atoms with E-state index in [0.29, 0.717) is 18.9 Å². The smallest absolute Gasteiger partial charge is 0.326 e. The molecule has 1 rings (SSSR count). The molecule has 0 bridgehead atoms. The van der Waals surface area contributed by atoms with E-state index in [2.05, 4.69) is 12.2 Å². The number of carbonyl (C=O) groups excluding carboxylic acids is 1. The van der Waals surface area contributed by atoms with E-state index < -0.39 is 12.0 Å². The summed E-state index contributed by atoms with van der Waals surface area (Å²) in [4.78, 5) is 25.0. The lowest BCUT2D eigenvalue weighted by Crippen LogP contribution is -2.54. The summed E-state index contributed by atoms with van der Waals surface area (Å²) in [5, 5.41) is 12.2. The zero-order valence-corrected chi connectivity index (χ0v) is 13.4. The van der Waals surface area contributed by atoms with Crippen molar-refractivity contribution in [3.8, 4) is 0 Å². The van der Waals surface area contributed by atoms with Crippen LogP contribution >= 0.6 is 11.8 Å². The number of amides is 2. The molecule has 1 fully saturated rings. The van der Waals surface area contributed by atoms with E-state index in [1.807, 2.05) is 25.6 Å². The maximum Gasteiger partial charge on any atom is 0.326 e. The van der Waals surface area contributed by atoms with E-state index in [9.17, 15) is 14.7 Å². The summed E-state index contributed by atoms with van der Waals surface area (Å²) in [6.07, 6.45) is 2.33. The number of likely N-dealkylation sites (tertiary alicyclic amines) is 1. The monoisotopic (exact) mass is 302 g/mol. The quantitative estimate of drug-likeness (QED) is 0.739. The first-order chi connectivity index (χ1) is 9.45. The number of hydrogen-bond donors (Lipinski definition) is 2. The maximum absolute atomic E-state index is 12.2. The molecule has 3 unspecified atom stereocenters. The third kappa shape index (κ3) is 5.23. The predicted molar refractivity (Wildman–Crippen MR) is 82.1 cm³/mol. The Labute approximate surface area is 125 Å². The number of nitrogens with zero attached hydrogens (tertiary/aromatic N) is 1. The highest BCUT2D eigenvalue weighted by atomic mass is 32.2. The van der Waals surface area contributed by atoms with Crippen LogP contribution in [0, 0.1) is 5.92 Å². The number of urea groups is 1. The van der Waals surface area contributed by atoms with Gasteiger partial charge in [0, 0.05) is 12.6 Å². The molecule has 0 aromatic heterocycles. The predicted octanol–water partition coefficient (Wildman–Crippen LogP) is 2.41. The summed E-state index contributed by atoms with van der Waals surface area (Å²) in [5.41, 5.74) is 0. The fourth-order valence-corrected chi connectivity index (χ4v) is 3.20. The molecular weight excluding hydrogens is 276 g/mol. The summed E-state index contributed by atoms with van der Waals surface area (Å²) in [5.74, 6) is 1.54. The second-order valence-corrected chi connectivity index (χ2v) is 6.91. The van der Waals surface area contributed by atoms with Crippen LogP contribution in [0.2, 0.25) is 0 Å². The third-order valence-corrected chi connectivity index (χ3v) is 4.61. The molecule has 20 heavy (non-hydrogen) atoms. The van der Waals surface area contributed by atoms with E-state index in [4.69, 9.17) is 0 Å². The SMILES string of the molecule is CCSCCC(C)NC(=O)N1CCC(C)CC1C(=O)O. The minimum Gasteiger partial charge on any atom is -0.480 e. The second kappa shape index (κ2) is 8.39. The van der Waals surface area contributed by atoms with Crippen LogP contribution in [-0.2, 0) is 4.79 Å². The lowest BCUT2D eigenvalue weighted by molar-refractivity contribution is -0.143. The van der Waals surface area contributed by atoms with Crippen molar-refractivity contribution in [2.24, 2.45) is 5.92 Å². The van der Waals surface area contributed by atoms with Crippen LogP contribution in [0.1, 0.15) is 40.0 Å². The van der Waals surface area contributed by atoms with Crippen molar-refractivity contribution in [2.45, 2.75) is 52.1 Å². The van der Waals surface area contributed by atoms with Gasteiger partial charge in [-0.1, -0.05) is 13.8 Å². The summed E-state index contributed by atoms with van der Waals surface area (Å²) in [6.45, 7) is 6.65. The highest BCUT2D eigenvalue weighted by molar-refractivity contribution is 7.99. The first-order valence-electron chi connectivity index (χ1n) is 7.33. The topological polar surface area (TPSA) is 69.6 Å². The average molecular weight is 302 g/mol. The fourth-order valence-electron chi connectivity index (χ4n) is 2.39. The Hall–Kier alpha value is -0.910. The molecule has 0 aromatic carbocycles. The zero-order chi connectivity index (χ0) is 15.1. The summed E-state index contributed by atoms with van der Waals surface area (Å²) >= 11 is 1.85. The van der Waals surface area contributed by atoms with E-state index >= 15 is 0 Å². The first kappa shape index (κ1) is 17.1. The molecule has 2 N–H and O–H groups in total. The van der Waals surface area contributed by atoms with Crippen LogP contribution in [0.5, 0.6) is 0 Å². The minimum absolute atomic E-state index is 0.0790.